The van der Waals surface area contributed by atoms with Crippen molar-refractivity contribution in [2.75, 3.05) is 6.61 Å². The molecule has 0 bridgehead atoms. The number of benzene rings is 1. The molecule has 0 amide bonds. The van der Waals surface area contributed by atoms with Crippen molar-refractivity contribution in [3.8, 4) is 11.1 Å². The molecule has 122 valence electrons. The van der Waals surface area contributed by atoms with Crippen LogP contribution in [0.5, 0.6) is 0 Å². The molecular formula is C17H18FNO4. The lowest BCUT2D eigenvalue weighted by Crippen LogP contribution is -2.23. The van der Waals surface area contributed by atoms with Crippen molar-refractivity contribution < 1.29 is 19.0 Å². The van der Waals surface area contributed by atoms with Crippen LogP contribution >= 0.6 is 0 Å². The average Bonchev–Trinajstić information content (AvgIpc) is 2.46. The fraction of sp³-hybridized carbons (Fsp3) is 0.294. The van der Waals surface area contributed by atoms with Crippen molar-refractivity contribution >= 4 is 5.97 Å². The van der Waals surface area contributed by atoms with Crippen LogP contribution < -0.4 is 5.43 Å². The third-order valence-electron chi connectivity index (χ3n) is 3.59. The van der Waals surface area contributed by atoms with E-state index in [9.17, 15) is 19.1 Å². The minimum absolute atomic E-state index is 0.0108. The first-order valence-corrected chi connectivity index (χ1v) is 7.20. The molecule has 23 heavy (non-hydrogen) atoms. The van der Waals surface area contributed by atoms with E-state index in [4.69, 9.17) is 4.74 Å². The van der Waals surface area contributed by atoms with Crippen LogP contribution in [0.3, 0.4) is 0 Å². The van der Waals surface area contributed by atoms with E-state index < -0.39 is 17.2 Å². The van der Waals surface area contributed by atoms with Crippen molar-refractivity contribution in [2.45, 2.75) is 27.4 Å². The summed E-state index contributed by atoms with van der Waals surface area (Å²) < 4.78 is 18.5. The van der Waals surface area contributed by atoms with Gasteiger partial charge in [-0.15, -0.1) is 0 Å². The Labute approximate surface area is 132 Å². The molecule has 2 aromatic rings. The molecule has 0 aliphatic carbocycles. The van der Waals surface area contributed by atoms with Gasteiger partial charge in [-0.2, -0.15) is 0 Å². The number of carboxylic acids is 1. The lowest BCUT2D eigenvalue weighted by atomic mass is 9.96. The maximum Gasteiger partial charge on any atom is 0.341 e. The van der Waals surface area contributed by atoms with Crippen molar-refractivity contribution in [3.63, 3.8) is 0 Å². The first kappa shape index (κ1) is 16.9. The molecule has 0 aliphatic rings. The molecule has 1 aromatic heterocycles. The number of carboxylic acid groups (broad SMARTS) is 1. The summed E-state index contributed by atoms with van der Waals surface area (Å²) >= 11 is 0. The molecule has 0 atom stereocenters. The van der Waals surface area contributed by atoms with E-state index in [1.807, 2.05) is 0 Å². The summed E-state index contributed by atoms with van der Waals surface area (Å²) in [5.41, 5.74) is 1.11. The Hall–Kier alpha value is -2.47. The highest BCUT2D eigenvalue weighted by atomic mass is 19.1. The van der Waals surface area contributed by atoms with Gasteiger partial charge in [-0.3, -0.25) is 4.79 Å². The predicted octanol–water partition coefficient (Wildman–Crippen LogP) is 3.03. The number of H-pyrrole nitrogens is 1. The number of carbonyl (C=O) groups is 1. The molecule has 1 heterocycles. The topological polar surface area (TPSA) is 79.4 Å². The van der Waals surface area contributed by atoms with Crippen LogP contribution in [0.4, 0.5) is 4.39 Å². The molecule has 1 aromatic carbocycles. The second-order valence-electron chi connectivity index (χ2n) is 5.21. The van der Waals surface area contributed by atoms with E-state index in [-0.39, 0.29) is 23.4 Å². The number of aromatic nitrogens is 1. The van der Waals surface area contributed by atoms with Crippen LogP contribution in [0.2, 0.25) is 0 Å². The highest BCUT2D eigenvalue weighted by Gasteiger charge is 2.22. The molecule has 6 heteroatoms. The zero-order valence-corrected chi connectivity index (χ0v) is 13.2. The third-order valence-corrected chi connectivity index (χ3v) is 3.59. The molecule has 5 nitrogen and oxygen atoms in total. The van der Waals surface area contributed by atoms with Gasteiger partial charge in [0.05, 0.1) is 12.3 Å². The summed E-state index contributed by atoms with van der Waals surface area (Å²) in [6, 6.07) is 4.04. The van der Waals surface area contributed by atoms with Gasteiger partial charge in [0.1, 0.15) is 11.4 Å². The normalized spacial score (nSPS) is 10.8. The Morgan fingerprint density at radius 1 is 1.35 bits per heavy atom. The van der Waals surface area contributed by atoms with Gasteiger partial charge in [0.2, 0.25) is 5.43 Å². The Kier molecular flexibility index (Phi) is 4.95. The van der Waals surface area contributed by atoms with E-state index in [0.717, 1.165) is 0 Å². The highest BCUT2D eigenvalue weighted by Crippen LogP contribution is 2.25. The fourth-order valence-corrected chi connectivity index (χ4v) is 2.55. The fourth-order valence-electron chi connectivity index (χ4n) is 2.55. The van der Waals surface area contributed by atoms with Gasteiger partial charge < -0.3 is 14.8 Å². The van der Waals surface area contributed by atoms with Gasteiger partial charge in [-0.1, -0.05) is 6.07 Å². The number of rotatable bonds is 5. The lowest BCUT2D eigenvalue weighted by molar-refractivity contribution is 0.0685. The summed E-state index contributed by atoms with van der Waals surface area (Å²) in [4.78, 5) is 27.1. The number of nitrogens with one attached hydrogen (secondary N) is 1. The van der Waals surface area contributed by atoms with E-state index >= 15 is 0 Å². The van der Waals surface area contributed by atoms with E-state index in [0.29, 0.717) is 23.4 Å². The minimum Gasteiger partial charge on any atom is -0.477 e. The van der Waals surface area contributed by atoms with Crippen LogP contribution in [0.15, 0.2) is 23.0 Å². The second kappa shape index (κ2) is 6.75. The van der Waals surface area contributed by atoms with Crippen LogP contribution in [0.25, 0.3) is 11.1 Å². The predicted molar refractivity (Wildman–Crippen MR) is 84.2 cm³/mol. The van der Waals surface area contributed by atoms with Gasteiger partial charge in [0, 0.05) is 17.9 Å². The number of halogens is 1. The van der Waals surface area contributed by atoms with Crippen molar-refractivity contribution in [1.29, 1.82) is 0 Å². The maximum absolute atomic E-state index is 13.3. The van der Waals surface area contributed by atoms with Crippen LogP contribution in [0.1, 0.15) is 34.2 Å². The standard InChI is InChI=1S/C17H18FNO4/c1-4-23-8-13-15(17(21)22)16(20)14(10(3)19-13)12-6-5-11(18)7-9(12)2/h5-7H,4,8H2,1-3H3,(H,19,20)(H,21,22). The molecule has 2 N–H and O–H groups in total. The Balaban J connectivity index is 2.73. The Bertz CT molecular complexity index is 811. The molecule has 0 saturated carbocycles. The summed E-state index contributed by atoms with van der Waals surface area (Å²) in [6.45, 7) is 5.55. The molecule has 2 rings (SSSR count). The molecule has 0 unspecified atom stereocenters. The number of aromatic carboxylic acids is 1. The van der Waals surface area contributed by atoms with Gasteiger partial charge in [0.25, 0.3) is 0 Å². The summed E-state index contributed by atoms with van der Waals surface area (Å²) in [5, 5.41) is 9.39. The molecule has 0 fully saturated rings. The lowest BCUT2D eigenvalue weighted by Gasteiger charge is -2.14. The highest BCUT2D eigenvalue weighted by molar-refractivity contribution is 5.91. The van der Waals surface area contributed by atoms with Crippen LogP contribution in [0, 0.1) is 19.7 Å². The zero-order valence-electron chi connectivity index (χ0n) is 13.2. The molecule has 0 saturated heterocycles. The molecule has 0 spiro atoms. The van der Waals surface area contributed by atoms with E-state index in [1.54, 1.807) is 20.8 Å². The SMILES string of the molecule is CCOCc1[nH]c(C)c(-c2ccc(F)cc2C)c(=O)c1C(=O)O. The third kappa shape index (κ3) is 3.32. The summed E-state index contributed by atoms with van der Waals surface area (Å²) in [7, 11) is 0. The number of pyridine rings is 1. The van der Waals surface area contributed by atoms with Crippen molar-refractivity contribution in [2.24, 2.45) is 0 Å². The Morgan fingerprint density at radius 3 is 2.61 bits per heavy atom. The van der Waals surface area contributed by atoms with Crippen molar-refractivity contribution in [3.05, 3.63) is 56.8 Å². The van der Waals surface area contributed by atoms with E-state index in [1.165, 1.54) is 18.2 Å². The van der Waals surface area contributed by atoms with Gasteiger partial charge in [-0.05, 0) is 44.0 Å². The number of ether oxygens (including phenoxy) is 1. The first-order chi connectivity index (χ1) is 10.9. The number of hydrogen-bond donors (Lipinski definition) is 2. The monoisotopic (exact) mass is 319 g/mol. The smallest absolute Gasteiger partial charge is 0.341 e. The summed E-state index contributed by atoms with van der Waals surface area (Å²) in [6.07, 6.45) is 0. The number of aromatic amines is 1. The molecule has 0 radical (unpaired) electrons. The average molecular weight is 319 g/mol. The van der Waals surface area contributed by atoms with Gasteiger partial charge in [0.15, 0.2) is 0 Å². The summed E-state index contributed by atoms with van der Waals surface area (Å²) in [5.74, 6) is -1.73. The maximum atomic E-state index is 13.3. The Morgan fingerprint density at radius 2 is 2.04 bits per heavy atom. The number of aryl methyl sites for hydroxylation is 2. The van der Waals surface area contributed by atoms with Crippen molar-refractivity contribution in [1.82, 2.24) is 4.98 Å². The van der Waals surface area contributed by atoms with Gasteiger partial charge >= 0.3 is 5.97 Å². The second-order valence-corrected chi connectivity index (χ2v) is 5.21. The zero-order chi connectivity index (χ0) is 17.1. The largest absolute Gasteiger partial charge is 0.477 e. The molecular weight excluding hydrogens is 301 g/mol. The van der Waals surface area contributed by atoms with E-state index in [2.05, 4.69) is 4.98 Å². The van der Waals surface area contributed by atoms with Crippen LogP contribution in [-0.2, 0) is 11.3 Å². The quantitative estimate of drug-likeness (QED) is 0.888. The minimum atomic E-state index is -1.32. The van der Waals surface area contributed by atoms with Gasteiger partial charge in [-0.25, -0.2) is 9.18 Å². The van der Waals surface area contributed by atoms with Crippen LogP contribution in [-0.4, -0.2) is 22.7 Å². The molecule has 0 aliphatic heterocycles. The first-order valence-electron chi connectivity index (χ1n) is 7.20. The number of hydrogen-bond acceptors (Lipinski definition) is 3.